The summed E-state index contributed by atoms with van der Waals surface area (Å²) in [4.78, 5) is 0. The fourth-order valence-corrected chi connectivity index (χ4v) is 1.54. The maximum Gasteiger partial charge on any atom is 0.142 e. The normalized spacial score (nSPS) is 12.5. The van der Waals surface area contributed by atoms with E-state index in [2.05, 4.69) is 5.32 Å². The topological polar surface area (TPSA) is 30.5 Å². The van der Waals surface area contributed by atoms with Crippen molar-refractivity contribution >= 4 is 11.6 Å². The summed E-state index contributed by atoms with van der Waals surface area (Å²) in [5.74, 6) is 0.0883. The molecule has 1 rings (SSSR count). The molecule has 0 aliphatic heterocycles. The molecule has 3 nitrogen and oxygen atoms in total. The van der Waals surface area contributed by atoms with E-state index in [-0.39, 0.29) is 11.1 Å². The fourth-order valence-electron chi connectivity index (χ4n) is 1.37. The summed E-state index contributed by atoms with van der Waals surface area (Å²) in [6, 6.07) is 4.30. The molecule has 1 aromatic carbocycles. The molecule has 0 bridgehead atoms. The number of halogens is 2. The molecular formula is C12H17ClFNO2. The van der Waals surface area contributed by atoms with E-state index in [0.717, 1.165) is 6.54 Å². The van der Waals surface area contributed by atoms with Crippen molar-refractivity contribution in [2.75, 3.05) is 26.8 Å². The minimum atomic E-state index is -0.450. The van der Waals surface area contributed by atoms with Crippen LogP contribution in [0.4, 0.5) is 4.39 Å². The molecule has 0 aliphatic carbocycles. The van der Waals surface area contributed by atoms with Gasteiger partial charge in [-0.15, -0.1) is 0 Å². The highest BCUT2D eigenvalue weighted by Crippen LogP contribution is 2.21. The number of hydrogen-bond donors (Lipinski definition) is 1. The maximum atomic E-state index is 13.0. The Labute approximate surface area is 106 Å². The van der Waals surface area contributed by atoms with Gasteiger partial charge in [-0.3, -0.25) is 0 Å². The van der Waals surface area contributed by atoms with E-state index in [0.29, 0.717) is 18.9 Å². The van der Waals surface area contributed by atoms with Crippen LogP contribution in [-0.4, -0.2) is 32.9 Å². The molecule has 0 saturated carbocycles. The molecule has 1 unspecified atom stereocenters. The molecule has 96 valence electrons. The second kappa shape index (κ2) is 7.48. The molecule has 0 spiro atoms. The Morgan fingerprint density at radius 2 is 2.24 bits per heavy atom. The predicted octanol–water partition coefficient (Wildman–Crippen LogP) is 2.48. The molecule has 1 aromatic rings. The first-order valence-electron chi connectivity index (χ1n) is 5.48. The van der Waals surface area contributed by atoms with Crippen LogP contribution in [0.2, 0.25) is 5.02 Å². The zero-order valence-electron chi connectivity index (χ0n) is 10.0. The number of ether oxygens (including phenoxy) is 2. The second-order valence-corrected chi connectivity index (χ2v) is 3.99. The van der Waals surface area contributed by atoms with E-state index in [1.807, 2.05) is 6.92 Å². The summed E-state index contributed by atoms with van der Waals surface area (Å²) in [6.07, 6.45) is -0.124. The van der Waals surface area contributed by atoms with Gasteiger partial charge in [-0.25, -0.2) is 4.39 Å². The van der Waals surface area contributed by atoms with Crippen molar-refractivity contribution in [3.05, 3.63) is 29.0 Å². The van der Waals surface area contributed by atoms with Crippen molar-refractivity contribution in [3.63, 3.8) is 0 Å². The lowest BCUT2D eigenvalue weighted by Gasteiger charge is -2.18. The number of likely N-dealkylation sites (N-methyl/N-ethyl adjacent to an activating group) is 1. The van der Waals surface area contributed by atoms with Crippen LogP contribution >= 0.6 is 11.6 Å². The highest BCUT2D eigenvalue weighted by atomic mass is 35.5. The van der Waals surface area contributed by atoms with Crippen LogP contribution in [0.5, 0.6) is 5.75 Å². The largest absolute Gasteiger partial charge is 0.487 e. The average molecular weight is 262 g/mol. The minimum absolute atomic E-state index is 0.0575. The Kier molecular flexibility index (Phi) is 6.26. The third kappa shape index (κ3) is 4.89. The molecular weight excluding hydrogens is 245 g/mol. The molecule has 0 radical (unpaired) electrons. The molecule has 0 amide bonds. The lowest BCUT2D eigenvalue weighted by Crippen LogP contribution is -2.34. The van der Waals surface area contributed by atoms with Crippen LogP contribution in [-0.2, 0) is 4.74 Å². The van der Waals surface area contributed by atoms with Crippen molar-refractivity contribution in [1.82, 2.24) is 5.32 Å². The molecule has 17 heavy (non-hydrogen) atoms. The van der Waals surface area contributed by atoms with E-state index in [4.69, 9.17) is 21.1 Å². The summed E-state index contributed by atoms with van der Waals surface area (Å²) in [5, 5.41) is 3.22. The number of nitrogens with one attached hydrogen (secondary N) is 1. The van der Waals surface area contributed by atoms with Gasteiger partial charge >= 0.3 is 0 Å². The third-order valence-corrected chi connectivity index (χ3v) is 2.46. The summed E-state index contributed by atoms with van der Waals surface area (Å²) in [6.45, 7) is 3.99. The molecule has 0 saturated heterocycles. The summed E-state index contributed by atoms with van der Waals surface area (Å²) in [7, 11) is 1.61. The summed E-state index contributed by atoms with van der Waals surface area (Å²) >= 11 is 5.68. The Balaban J connectivity index is 2.61. The number of benzene rings is 1. The van der Waals surface area contributed by atoms with Gasteiger partial charge in [0.05, 0.1) is 11.6 Å². The van der Waals surface area contributed by atoms with Gasteiger partial charge in [0.2, 0.25) is 0 Å². The zero-order valence-corrected chi connectivity index (χ0v) is 10.8. The quantitative estimate of drug-likeness (QED) is 0.818. The number of methoxy groups -OCH3 is 1. The highest BCUT2D eigenvalue weighted by molar-refractivity contribution is 6.30. The van der Waals surface area contributed by atoms with Crippen molar-refractivity contribution < 1.29 is 13.9 Å². The SMILES string of the molecule is CCNCC(COC)Oc1ccc(F)c(Cl)c1. The number of rotatable bonds is 7. The summed E-state index contributed by atoms with van der Waals surface area (Å²) in [5.41, 5.74) is 0. The van der Waals surface area contributed by atoms with Gasteiger partial charge < -0.3 is 14.8 Å². The lowest BCUT2D eigenvalue weighted by atomic mass is 10.3. The Hall–Kier alpha value is -0.840. The van der Waals surface area contributed by atoms with Crippen molar-refractivity contribution in [3.8, 4) is 5.75 Å². The third-order valence-electron chi connectivity index (χ3n) is 2.17. The van der Waals surface area contributed by atoms with Crippen LogP contribution in [0.3, 0.4) is 0 Å². The Bertz CT molecular complexity index is 349. The summed E-state index contributed by atoms with van der Waals surface area (Å²) < 4.78 is 23.7. The van der Waals surface area contributed by atoms with Crippen LogP contribution < -0.4 is 10.1 Å². The van der Waals surface area contributed by atoms with Gasteiger partial charge in [0, 0.05) is 19.7 Å². The van der Waals surface area contributed by atoms with Crippen molar-refractivity contribution in [2.45, 2.75) is 13.0 Å². The van der Waals surface area contributed by atoms with Crippen LogP contribution in [0.1, 0.15) is 6.92 Å². The van der Waals surface area contributed by atoms with Crippen LogP contribution in [0.15, 0.2) is 18.2 Å². The standard InChI is InChI=1S/C12H17ClFNO2/c1-3-15-7-10(8-16-2)17-9-4-5-12(14)11(13)6-9/h4-6,10,15H,3,7-8H2,1-2H3. The van der Waals surface area contributed by atoms with Gasteiger partial charge in [0.25, 0.3) is 0 Å². The lowest BCUT2D eigenvalue weighted by molar-refractivity contribution is 0.0809. The molecule has 5 heteroatoms. The van der Waals surface area contributed by atoms with Crippen LogP contribution in [0, 0.1) is 5.82 Å². The van der Waals surface area contributed by atoms with Crippen molar-refractivity contribution in [2.24, 2.45) is 0 Å². The van der Waals surface area contributed by atoms with Crippen molar-refractivity contribution in [1.29, 1.82) is 0 Å². The maximum absolute atomic E-state index is 13.0. The Morgan fingerprint density at radius 3 is 2.82 bits per heavy atom. The first-order valence-corrected chi connectivity index (χ1v) is 5.86. The van der Waals surface area contributed by atoms with E-state index in [1.54, 1.807) is 13.2 Å². The van der Waals surface area contributed by atoms with Crippen LogP contribution in [0.25, 0.3) is 0 Å². The first kappa shape index (κ1) is 14.2. The van der Waals surface area contributed by atoms with E-state index >= 15 is 0 Å². The number of hydrogen-bond acceptors (Lipinski definition) is 3. The first-order chi connectivity index (χ1) is 8.17. The fraction of sp³-hybridized carbons (Fsp3) is 0.500. The molecule has 0 fully saturated rings. The van der Waals surface area contributed by atoms with E-state index in [1.165, 1.54) is 12.1 Å². The monoisotopic (exact) mass is 261 g/mol. The molecule has 0 aliphatic rings. The predicted molar refractivity (Wildman–Crippen MR) is 66.2 cm³/mol. The average Bonchev–Trinajstić information content (AvgIpc) is 2.31. The Morgan fingerprint density at radius 1 is 1.47 bits per heavy atom. The second-order valence-electron chi connectivity index (χ2n) is 3.58. The minimum Gasteiger partial charge on any atom is -0.487 e. The molecule has 1 N–H and O–H groups in total. The van der Waals surface area contributed by atoms with Gasteiger partial charge in [-0.05, 0) is 18.7 Å². The molecule has 0 aromatic heterocycles. The smallest absolute Gasteiger partial charge is 0.142 e. The van der Waals surface area contributed by atoms with E-state index < -0.39 is 5.82 Å². The molecule has 1 atom stereocenters. The van der Waals surface area contributed by atoms with Gasteiger partial charge in [-0.2, -0.15) is 0 Å². The zero-order chi connectivity index (χ0) is 12.7. The highest BCUT2D eigenvalue weighted by Gasteiger charge is 2.10. The van der Waals surface area contributed by atoms with Gasteiger partial charge in [-0.1, -0.05) is 18.5 Å². The van der Waals surface area contributed by atoms with Gasteiger partial charge in [0.1, 0.15) is 17.7 Å². The van der Waals surface area contributed by atoms with Gasteiger partial charge in [0.15, 0.2) is 0 Å². The molecule has 0 heterocycles. The van der Waals surface area contributed by atoms with E-state index in [9.17, 15) is 4.39 Å².